The van der Waals surface area contributed by atoms with Gasteiger partial charge in [-0.3, -0.25) is 4.79 Å². The average molecular weight is 419 g/mol. The number of aliphatic hydroxyl groups is 2. The molecule has 1 unspecified atom stereocenters. The van der Waals surface area contributed by atoms with Crippen molar-refractivity contribution in [1.82, 2.24) is 0 Å². The number of benzene rings is 1. The number of nitrogens with zero attached hydrogens (tertiary/aromatic N) is 4. The summed E-state index contributed by atoms with van der Waals surface area (Å²) in [4.78, 5) is 13.9. The van der Waals surface area contributed by atoms with Crippen LogP contribution in [-0.4, -0.2) is 53.1 Å². The van der Waals surface area contributed by atoms with E-state index < -0.39 is 5.92 Å². The van der Waals surface area contributed by atoms with E-state index in [1.807, 2.05) is 6.07 Å². The van der Waals surface area contributed by atoms with E-state index in [1.165, 1.54) is 6.92 Å². The molecule has 0 aliphatic carbocycles. The number of carbonyl (C=O) groups excluding carboxylic acids is 1. The SMILES string of the molecule is CC(=N)C(C#N)C(=S)N=Nc1ccc(N(CCO)CCO)cc1NC(=O)C(C)C. The Bertz CT molecular complexity index is 813. The number of carbonyl (C=O) groups is 1. The molecule has 29 heavy (non-hydrogen) atoms. The Kier molecular flexibility index (Phi) is 10.0. The van der Waals surface area contributed by atoms with Crippen molar-refractivity contribution >= 4 is 45.9 Å². The molecule has 10 heteroatoms. The van der Waals surface area contributed by atoms with Gasteiger partial charge in [0.1, 0.15) is 16.6 Å². The zero-order chi connectivity index (χ0) is 22.0. The Morgan fingerprint density at radius 3 is 2.45 bits per heavy atom. The van der Waals surface area contributed by atoms with Crippen molar-refractivity contribution in [3.63, 3.8) is 0 Å². The van der Waals surface area contributed by atoms with Crippen molar-refractivity contribution in [3.8, 4) is 6.07 Å². The predicted molar refractivity (Wildman–Crippen MR) is 116 cm³/mol. The molecule has 1 aromatic rings. The summed E-state index contributed by atoms with van der Waals surface area (Å²) in [5.41, 5.74) is 1.47. The van der Waals surface area contributed by atoms with Crippen LogP contribution in [0, 0.1) is 28.6 Å². The second kappa shape index (κ2) is 12.0. The highest BCUT2D eigenvalue weighted by Crippen LogP contribution is 2.31. The highest BCUT2D eigenvalue weighted by Gasteiger charge is 2.17. The van der Waals surface area contributed by atoms with Crippen LogP contribution in [0.2, 0.25) is 0 Å². The van der Waals surface area contributed by atoms with Gasteiger partial charge in [0.05, 0.1) is 25.0 Å². The van der Waals surface area contributed by atoms with E-state index >= 15 is 0 Å². The maximum atomic E-state index is 12.2. The first kappa shape index (κ1) is 24.3. The molecule has 0 aromatic heterocycles. The molecule has 1 atom stereocenters. The summed E-state index contributed by atoms with van der Waals surface area (Å²) in [7, 11) is 0. The van der Waals surface area contributed by atoms with E-state index in [1.54, 1.807) is 36.9 Å². The molecule has 0 saturated heterocycles. The summed E-state index contributed by atoms with van der Waals surface area (Å²) in [6.07, 6.45) is 0. The third kappa shape index (κ3) is 7.30. The molecule has 0 radical (unpaired) electrons. The van der Waals surface area contributed by atoms with Crippen molar-refractivity contribution in [2.45, 2.75) is 20.8 Å². The second-order valence-electron chi connectivity index (χ2n) is 6.56. The Hall–Kier alpha value is -2.74. The first-order chi connectivity index (χ1) is 13.7. The quantitative estimate of drug-likeness (QED) is 0.261. The van der Waals surface area contributed by atoms with Gasteiger partial charge in [0.15, 0.2) is 0 Å². The molecule has 9 nitrogen and oxygen atoms in total. The third-order valence-corrected chi connectivity index (χ3v) is 4.25. The lowest BCUT2D eigenvalue weighted by molar-refractivity contribution is -0.118. The first-order valence-electron chi connectivity index (χ1n) is 9.07. The van der Waals surface area contributed by atoms with Crippen LogP contribution in [0.25, 0.3) is 0 Å². The van der Waals surface area contributed by atoms with Crippen molar-refractivity contribution in [3.05, 3.63) is 18.2 Å². The number of anilines is 2. The minimum Gasteiger partial charge on any atom is -0.395 e. The van der Waals surface area contributed by atoms with Crippen LogP contribution < -0.4 is 10.2 Å². The highest BCUT2D eigenvalue weighted by molar-refractivity contribution is 7.80. The summed E-state index contributed by atoms with van der Waals surface area (Å²) < 4.78 is 0. The van der Waals surface area contributed by atoms with Gasteiger partial charge in [-0.15, -0.1) is 10.2 Å². The highest BCUT2D eigenvalue weighted by atomic mass is 32.1. The number of nitrogens with one attached hydrogen (secondary N) is 2. The molecule has 4 N–H and O–H groups in total. The molecular formula is C19H26N6O3S. The number of nitriles is 1. The fourth-order valence-electron chi connectivity index (χ4n) is 2.29. The molecular weight excluding hydrogens is 392 g/mol. The maximum Gasteiger partial charge on any atom is 0.226 e. The van der Waals surface area contributed by atoms with Gasteiger partial charge < -0.3 is 25.8 Å². The number of azo groups is 1. The van der Waals surface area contributed by atoms with Crippen LogP contribution >= 0.6 is 12.2 Å². The molecule has 0 fully saturated rings. The molecule has 0 spiro atoms. The van der Waals surface area contributed by atoms with Gasteiger partial charge in [-0.25, -0.2) is 0 Å². The van der Waals surface area contributed by atoms with Crippen molar-refractivity contribution in [2.24, 2.45) is 22.1 Å². The molecule has 1 aromatic carbocycles. The molecule has 0 bridgehead atoms. The van der Waals surface area contributed by atoms with Crippen LogP contribution in [-0.2, 0) is 4.79 Å². The summed E-state index contributed by atoms with van der Waals surface area (Å²) in [6, 6.07) is 6.92. The fraction of sp³-hybridized carbons (Fsp3) is 0.474. The van der Waals surface area contributed by atoms with Gasteiger partial charge >= 0.3 is 0 Å². The smallest absolute Gasteiger partial charge is 0.226 e. The summed E-state index contributed by atoms with van der Waals surface area (Å²) >= 11 is 5.08. The Morgan fingerprint density at radius 1 is 1.34 bits per heavy atom. The number of hydrogen-bond donors (Lipinski definition) is 4. The maximum absolute atomic E-state index is 12.2. The first-order valence-corrected chi connectivity index (χ1v) is 9.47. The lowest BCUT2D eigenvalue weighted by Gasteiger charge is -2.24. The minimum atomic E-state index is -0.939. The Labute approximate surface area is 175 Å². The monoisotopic (exact) mass is 418 g/mol. The predicted octanol–water partition coefficient (Wildman–Crippen LogP) is 2.66. The lowest BCUT2D eigenvalue weighted by Crippen LogP contribution is -2.29. The van der Waals surface area contributed by atoms with Crippen LogP contribution in [0.4, 0.5) is 17.1 Å². The van der Waals surface area contributed by atoms with E-state index in [0.717, 1.165) is 0 Å². The van der Waals surface area contributed by atoms with Crippen molar-refractivity contribution in [1.29, 1.82) is 10.7 Å². The molecule has 0 heterocycles. The minimum absolute atomic E-state index is 0.0348. The molecule has 0 aliphatic heterocycles. The third-order valence-electron chi connectivity index (χ3n) is 3.93. The van der Waals surface area contributed by atoms with Crippen LogP contribution in [0.15, 0.2) is 28.4 Å². The van der Waals surface area contributed by atoms with Crippen LogP contribution in [0.1, 0.15) is 20.8 Å². The Morgan fingerprint density at radius 2 is 1.97 bits per heavy atom. The summed E-state index contributed by atoms with van der Waals surface area (Å²) in [5, 5.41) is 45.9. The van der Waals surface area contributed by atoms with Gasteiger partial charge in [-0.1, -0.05) is 26.1 Å². The number of hydrogen-bond acceptors (Lipinski definition) is 8. The largest absolute Gasteiger partial charge is 0.395 e. The van der Waals surface area contributed by atoms with Gasteiger partial charge in [0, 0.05) is 30.4 Å². The van der Waals surface area contributed by atoms with E-state index in [-0.39, 0.29) is 35.7 Å². The van der Waals surface area contributed by atoms with E-state index in [4.69, 9.17) is 22.9 Å². The van der Waals surface area contributed by atoms with E-state index in [9.17, 15) is 15.0 Å². The number of thiocarbonyl (C=S) groups is 1. The molecule has 0 aliphatic rings. The lowest BCUT2D eigenvalue weighted by atomic mass is 10.1. The second-order valence-corrected chi connectivity index (χ2v) is 6.98. The van der Waals surface area contributed by atoms with E-state index in [0.29, 0.717) is 30.2 Å². The Balaban J connectivity index is 3.29. The molecule has 156 valence electrons. The van der Waals surface area contributed by atoms with Gasteiger partial charge in [-0.2, -0.15) is 5.26 Å². The van der Waals surface area contributed by atoms with E-state index in [2.05, 4.69) is 15.5 Å². The fourth-order valence-corrected chi connectivity index (χ4v) is 2.56. The van der Waals surface area contributed by atoms with Gasteiger partial charge in [0.25, 0.3) is 0 Å². The molecule has 1 amide bonds. The molecule has 1 rings (SSSR count). The number of rotatable bonds is 10. The average Bonchev–Trinajstić information content (AvgIpc) is 2.66. The van der Waals surface area contributed by atoms with Crippen LogP contribution in [0.3, 0.4) is 0 Å². The number of aliphatic hydroxyl groups excluding tert-OH is 2. The molecule has 0 saturated carbocycles. The standard InChI is InChI=1S/C19H26N6O3S/c1-12(2)18(28)22-17-10-14(25(6-8-26)7-9-27)4-5-16(17)23-24-19(29)15(11-20)13(3)21/h4-5,10,12,15,21,26-27H,6-9H2,1-3H3,(H,22,28). The van der Waals surface area contributed by atoms with Crippen molar-refractivity contribution < 1.29 is 15.0 Å². The summed E-state index contributed by atoms with van der Waals surface area (Å²) in [5.74, 6) is -1.42. The summed E-state index contributed by atoms with van der Waals surface area (Å²) in [6.45, 7) is 5.41. The zero-order valence-corrected chi connectivity index (χ0v) is 17.5. The van der Waals surface area contributed by atoms with Crippen LogP contribution in [0.5, 0.6) is 0 Å². The topological polar surface area (TPSA) is 145 Å². The number of amides is 1. The zero-order valence-electron chi connectivity index (χ0n) is 16.7. The normalized spacial score (nSPS) is 11.9. The van der Waals surface area contributed by atoms with Crippen molar-refractivity contribution in [2.75, 3.05) is 36.5 Å². The van der Waals surface area contributed by atoms with Gasteiger partial charge in [-0.05, 0) is 25.1 Å². The van der Waals surface area contributed by atoms with Gasteiger partial charge in [0.2, 0.25) is 5.91 Å².